The average Bonchev–Trinajstić information content (AvgIpc) is 2.86. The first-order valence-corrected chi connectivity index (χ1v) is 12.3. The number of rotatable bonds is 9. The molecule has 2 atom stereocenters. The molecule has 0 aliphatic heterocycles. The molecule has 0 spiro atoms. The van der Waals surface area contributed by atoms with Gasteiger partial charge in [0.05, 0.1) is 0 Å². The van der Waals surface area contributed by atoms with Crippen LogP contribution in [0.5, 0.6) is 0 Å². The van der Waals surface area contributed by atoms with Crippen LogP contribution >= 0.6 is 24.0 Å². The fraction of sp³-hybridized carbons (Fsp3) is 0.233. The maximum atomic E-state index is 14.4. The zero-order valence-electron chi connectivity index (χ0n) is 20.3. The Bertz CT molecular complexity index is 1360. The largest absolute Gasteiger partial charge is 0.481 e. The van der Waals surface area contributed by atoms with Gasteiger partial charge in [-0.1, -0.05) is 61.0 Å². The summed E-state index contributed by atoms with van der Waals surface area (Å²) in [7, 11) is 0. The van der Waals surface area contributed by atoms with E-state index in [0.29, 0.717) is 10.6 Å². The van der Waals surface area contributed by atoms with Crippen molar-refractivity contribution in [2.45, 2.75) is 45.2 Å². The van der Waals surface area contributed by atoms with E-state index in [-0.39, 0.29) is 43.1 Å². The summed E-state index contributed by atoms with van der Waals surface area (Å²) in [4.78, 5) is 11.0. The number of carboxylic acids is 1. The molecule has 0 aliphatic rings. The van der Waals surface area contributed by atoms with Gasteiger partial charge in [-0.25, -0.2) is 4.39 Å². The van der Waals surface area contributed by atoms with Gasteiger partial charge in [-0.2, -0.15) is 0 Å². The minimum absolute atomic E-state index is 0. The number of hydrogen-bond acceptors (Lipinski definition) is 2. The van der Waals surface area contributed by atoms with Gasteiger partial charge in [0.1, 0.15) is 5.82 Å². The Balaban J connectivity index is 0.00000361. The van der Waals surface area contributed by atoms with E-state index in [1.807, 2.05) is 30.3 Å². The Morgan fingerprint density at radius 2 is 1.78 bits per heavy atom. The summed E-state index contributed by atoms with van der Waals surface area (Å²) in [5.74, 6) is -1.31. The van der Waals surface area contributed by atoms with Gasteiger partial charge in [0, 0.05) is 23.5 Å². The molecule has 4 rings (SSSR count). The number of carbonyl (C=O) groups is 1. The molecule has 1 unspecified atom stereocenters. The molecular formula is C30H30Cl2FNO2. The van der Waals surface area contributed by atoms with Gasteiger partial charge in [0.25, 0.3) is 0 Å². The van der Waals surface area contributed by atoms with Crippen molar-refractivity contribution in [3.05, 3.63) is 106 Å². The van der Waals surface area contributed by atoms with Crippen LogP contribution in [-0.2, 0) is 11.2 Å². The summed E-state index contributed by atoms with van der Waals surface area (Å²) in [5, 5.41) is 15.7. The van der Waals surface area contributed by atoms with Crippen molar-refractivity contribution in [2.24, 2.45) is 0 Å². The summed E-state index contributed by atoms with van der Waals surface area (Å²) < 4.78 is 14.4. The van der Waals surface area contributed by atoms with Gasteiger partial charge in [-0.15, -0.1) is 12.4 Å². The monoisotopic (exact) mass is 525 g/mol. The molecule has 0 bridgehead atoms. The van der Waals surface area contributed by atoms with E-state index in [2.05, 4.69) is 49.5 Å². The molecule has 2 N–H and O–H groups in total. The molecule has 0 aromatic heterocycles. The SMILES string of the molecule is CCC(N[C@H](C)c1cccc(Cl)c1)c1cc(-c2ccc(F)c(CCC(=O)O)c2)c2ccccc2c1.Cl. The number of fused-ring (bicyclic) bond motifs is 1. The van der Waals surface area contributed by atoms with Crippen LogP contribution in [0.15, 0.2) is 78.9 Å². The van der Waals surface area contributed by atoms with Gasteiger partial charge in [0.2, 0.25) is 0 Å². The molecule has 0 fully saturated rings. The molecule has 0 saturated heterocycles. The lowest BCUT2D eigenvalue weighted by Crippen LogP contribution is -2.24. The number of hydrogen-bond donors (Lipinski definition) is 2. The highest BCUT2D eigenvalue weighted by atomic mass is 35.5. The first-order valence-electron chi connectivity index (χ1n) is 11.9. The zero-order valence-corrected chi connectivity index (χ0v) is 21.9. The maximum Gasteiger partial charge on any atom is 0.303 e. The summed E-state index contributed by atoms with van der Waals surface area (Å²) in [6.45, 7) is 4.28. The van der Waals surface area contributed by atoms with Gasteiger partial charge < -0.3 is 10.4 Å². The highest BCUT2D eigenvalue weighted by molar-refractivity contribution is 6.30. The number of nitrogens with one attached hydrogen (secondary N) is 1. The lowest BCUT2D eigenvalue weighted by Gasteiger charge is -2.24. The van der Waals surface area contributed by atoms with Crippen molar-refractivity contribution in [2.75, 3.05) is 0 Å². The Morgan fingerprint density at radius 3 is 2.50 bits per heavy atom. The van der Waals surface area contributed by atoms with Crippen LogP contribution in [0, 0.1) is 5.82 Å². The number of aliphatic carboxylic acids is 1. The third-order valence-corrected chi connectivity index (χ3v) is 6.69. The molecule has 6 heteroatoms. The van der Waals surface area contributed by atoms with Crippen molar-refractivity contribution in [1.82, 2.24) is 5.32 Å². The smallest absolute Gasteiger partial charge is 0.303 e. The minimum Gasteiger partial charge on any atom is -0.481 e. The minimum atomic E-state index is -0.937. The topological polar surface area (TPSA) is 49.3 Å². The normalized spacial score (nSPS) is 12.7. The van der Waals surface area contributed by atoms with Crippen LogP contribution in [0.3, 0.4) is 0 Å². The number of carboxylic acid groups (broad SMARTS) is 1. The lowest BCUT2D eigenvalue weighted by molar-refractivity contribution is -0.136. The molecule has 188 valence electrons. The van der Waals surface area contributed by atoms with E-state index in [0.717, 1.165) is 39.4 Å². The highest BCUT2D eigenvalue weighted by Crippen LogP contribution is 2.35. The Hall–Kier alpha value is -2.92. The predicted molar refractivity (Wildman–Crippen MR) is 149 cm³/mol. The van der Waals surface area contributed by atoms with Gasteiger partial charge >= 0.3 is 5.97 Å². The fourth-order valence-corrected chi connectivity index (χ4v) is 4.77. The molecule has 0 heterocycles. The number of benzene rings is 4. The van der Waals surface area contributed by atoms with Crippen molar-refractivity contribution in [3.63, 3.8) is 0 Å². The Morgan fingerprint density at radius 1 is 1.00 bits per heavy atom. The van der Waals surface area contributed by atoms with E-state index in [4.69, 9.17) is 16.7 Å². The third-order valence-electron chi connectivity index (χ3n) is 6.46. The predicted octanol–water partition coefficient (Wildman–Crippen LogP) is 8.54. The lowest BCUT2D eigenvalue weighted by atomic mass is 9.91. The van der Waals surface area contributed by atoms with E-state index in [9.17, 15) is 9.18 Å². The number of halogens is 3. The van der Waals surface area contributed by atoms with Gasteiger partial charge in [0.15, 0.2) is 0 Å². The third kappa shape index (κ3) is 6.44. The molecule has 0 radical (unpaired) electrons. The molecular weight excluding hydrogens is 496 g/mol. The first kappa shape index (κ1) is 27.7. The summed E-state index contributed by atoms with van der Waals surface area (Å²) in [6, 6.07) is 25.6. The quantitative estimate of drug-likeness (QED) is 0.230. The van der Waals surface area contributed by atoms with Crippen molar-refractivity contribution < 1.29 is 14.3 Å². The molecule has 4 aromatic rings. The Labute approximate surface area is 222 Å². The van der Waals surface area contributed by atoms with E-state index in [1.54, 1.807) is 12.1 Å². The highest BCUT2D eigenvalue weighted by Gasteiger charge is 2.17. The molecule has 0 saturated carbocycles. The molecule has 36 heavy (non-hydrogen) atoms. The second-order valence-electron chi connectivity index (χ2n) is 8.89. The van der Waals surface area contributed by atoms with Crippen LogP contribution in [0.1, 0.15) is 55.5 Å². The standard InChI is InChI=1S/C30H29ClFNO2.ClH/c1-3-29(33-19(2)20-8-6-9-25(31)17-20)24-16-21-7-4-5-10-26(21)27(18-24)22-11-13-28(32)23(15-22)12-14-30(34)35;/h4-11,13,15-19,29,33H,3,12,14H2,1-2H3,(H,34,35);1H/t19-,29?;/m1./s1. The second-order valence-corrected chi connectivity index (χ2v) is 9.33. The van der Waals surface area contributed by atoms with Crippen LogP contribution in [0.4, 0.5) is 4.39 Å². The van der Waals surface area contributed by atoms with Crippen LogP contribution < -0.4 is 5.32 Å². The van der Waals surface area contributed by atoms with E-state index < -0.39 is 5.97 Å². The van der Waals surface area contributed by atoms with Gasteiger partial charge in [-0.3, -0.25) is 4.79 Å². The maximum absolute atomic E-state index is 14.4. The average molecular weight is 526 g/mol. The van der Waals surface area contributed by atoms with Crippen molar-refractivity contribution in [1.29, 1.82) is 0 Å². The molecule has 0 aliphatic carbocycles. The summed E-state index contributed by atoms with van der Waals surface area (Å²) in [5.41, 5.74) is 4.57. The summed E-state index contributed by atoms with van der Waals surface area (Å²) in [6.07, 6.45) is 0.934. The van der Waals surface area contributed by atoms with E-state index in [1.165, 1.54) is 6.07 Å². The van der Waals surface area contributed by atoms with Crippen molar-refractivity contribution in [3.8, 4) is 11.1 Å². The van der Waals surface area contributed by atoms with Gasteiger partial charge in [-0.05, 0) is 94.8 Å². The van der Waals surface area contributed by atoms with Crippen LogP contribution in [-0.4, -0.2) is 11.1 Å². The second kappa shape index (κ2) is 12.4. The first-order chi connectivity index (χ1) is 16.9. The van der Waals surface area contributed by atoms with Crippen molar-refractivity contribution >= 4 is 40.7 Å². The summed E-state index contributed by atoms with van der Waals surface area (Å²) >= 11 is 6.21. The van der Waals surface area contributed by atoms with E-state index >= 15 is 0 Å². The van der Waals surface area contributed by atoms with Crippen LogP contribution in [0.25, 0.3) is 21.9 Å². The zero-order chi connectivity index (χ0) is 24.9. The Kier molecular flexibility index (Phi) is 9.49. The van der Waals surface area contributed by atoms with Crippen LogP contribution in [0.2, 0.25) is 5.02 Å². The number of aryl methyl sites for hydroxylation is 1. The molecule has 0 amide bonds. The fourth-order valence-electron chi connectivity index (χ4n) is 4.57. The molecule has 3 nitrogen and oxygen atoms in total. The molecule has 4 aromatic carbocycles.